The molecule has 1 fully saturated rings. The predicted octanol–water partition coefficient (Wildman–Crippen LogP) is 0.229. The van der Waals surface area contributed by atoms with Gasteiger partial charge in [-0.1, -0.05) is 0 Å². The molecule has 0 spiro atoms. The largest absolute Gasteiger partial charge is 0.338 e. The van der Waals surface area contributed by atoms with Gasteiger partial charge in [-0.05, 0) is 39.0 Å². The van der Waals surface area contributed by atoms with Crippen molar-refractivity contribution in [3.8, 4) is 6.07 Å². The van der Waals surface area contributed by atoms with Gasteiger partial charge < -0.3 is 4.90 Å². The third kappa shape index (κ3) is 2.58. The van der Waals surface area contributed by atoms with Crippen molar-refractivity contribution in [2.24, 2.45) is 0 Å². The zero-order valence-corrected chi connectivity index (χ0v) is 13.2. The van der Waals surface area contributed by atoms with E-state index in [0.717, 1.165) is 30.3 Å². The molecule has 0 N–H and O–H groups in total. The number of likely N-dealkylation sites (tertiary alicyclic amines) is 1. The molecule has 0 bridgehead atoms. The Labute approximate surface area is 133 Å². The molecule has 7 heteroatoms. The number of carbonyl (C=O) groups excluding carboxylic acids is 1. The Bertz CT molecular complexity index is 799. The van der Waals surface area contributed by atoms with E-state index >= 15 is 0 Å². The fourth-order valence-corrected chi connectivity index (χ4v) is 3.58. The number of hydrogen-bond acceptors (Lipinski definition) is 4. The SMILES string of the molecule is C[C@@H]1CCCCN1C(=O)Cn1c(=O)c(C#N)c2n(c1=O)CCC2. The molecule has 2 aliphatic rings. The van der Waals surface area contributed by atoms with E-state index in [2.05, 4.69) is 0 Å². The van der Waals surface area contributed by atoms with Gasteiger partial charge in [0, 0.05) is 24.8 Å². The Hall–Kier alpha value is -2.36. The first-order chi connectivity index (χ1) is 11.0. The van der Waals surface area contributed by atoms with Crippen molar-refractivity contribution in [2.45, 2.75) is 58.2 Å². The predicted molar refractivity (Wildman–Crippen MR) is 83.0 cm³/mol. The Morgan fingerprint density at radius 3 is 2.74 bits per heavy atom. The molecule has 122 valence electrons. The highest BCUT2D eigenvalue weighted by atomic mass is 16.2. The zero-order chi connectivity index (χ0) is 16.6. The second-order valence-electron chi connectivity index (χ2n) is 6.29. The van der Waals surface area contributed by atoms with Crippen LogP contribution in [0.5, 0.6) is 0 Å². The standard InChI is InChI=1S/C16H20N4O3/c1-11-5-2-3-7-18(11)14(21)10-20-15(22)12(9-17)13-6-4-8-19(13)16(20)23/h11H,2-8,10H2,1H3/t11-/m1/s1. The quantitative estimate of drug-likeness (QED) is 0.781. The van der Waals surface area contributed by atoms with E-state index in [4.69, 9.17) is 0 Å². The highest BCUT2D eigenvalue weighted by molar-refractivity contribution is 5.76. The molecule has 3 heterocycles. The minimum absolute atomic E-state index is 0.00147. The molecule has 0 radical (unpaired) electrons. The van der Waals surface area contributed by atoms with Gasteiger partial charge >= 0.3 is 5.69 Å². The van der Waals surface area contributed by atoms with Crippen molar-refractivity contribution in [1.82, 2.24) is 14.0 Å². The lowest BCUT2D eigenvalue weighted by atomic mass is 10.0. The Morgan fingerprint density at radius 1 is 1.26 bits per heavy atom. The molecule has 1 aromatic heterocycles. The summed E-state index contributed by atoms with van der Waals surface area (Å²) >= 11 is 0. The lowest BCUT2D eigenvalue weighted by Crippen LogP contribution is -2.49. The summed E-state index contributed by atoms with van der Waals surface area (Å²) in [4.78, 5) is 39.2. The number of aromatic nitrogens is 2. The van der Waals surface area contributed by atoms with Gasteiger partial charge in [-0.15, -0.1) is 0 Å². The van der Waals surface area contributed by atoms with Gasteiger partial charge in [-0.3, -0.25) is 14.2 Å². The highest BCUT2D eigenvalue weighted by Crippen LogP contribution is 2.17. The molecule has 1 saturated heterocycles. The number of nitrogens with zero attached hydrogens (tertiary/aromatic N) is 4. The van der Waals surface area contributed by atoms with Crippen LogP contribution in [0.3, 0.4) is 0 Å². The van der Waals surface area contributed by atoms with Crippen LogP contribution in [0.2, 0.25) is 0 Å². The molecule has 0 aromatic carbocycles. The van der Waals surface area contributed by atoms with Crippen LogP contribution in [0.1, 0.15) is 43.9 Å². The number of fused-ring (bicyclic) bond motifs is 1. The molecule has 0 aliphatic carbocycles. The van der Waals surface area contributed by atoms with Crippen molar-refractivity contribution in [2.75, 3.05) is 6.54 Å². The number of carbonyl (C=O) groups is 1. The Balaban J connectivity index is 1.98. The van der Waals surface area contributed by atoms with E-state index < -0.39 is 11.2 Å². The van der Waals surface area contributed by atoms with Crippen LogP contribution in [-0.4, -0.2) is 32.5 Å². The van der Waals surface area contributed by atoms with E-state index in [9.17, 15) is 19.6 Å². The maximum absolute atomic E-state index is 12.5. The van der Waals surface area contributed by atoms with E-state index in [1.165, 1.54) is 4.57 Å². The van der Waals surface area contributed by atoms with Crippen LogP contribution in [0.25, 0.3) is 0 Å². The van der Waals surface area contributed by atoms with Crippen LogP contribution in [0.15, 0.2) is 9.59 Å². The van der Waals surface area contributed by atoms with E-state index in [0.29, 0.717) is 25.2 Å². The first-order valence-corrected chi connectivity index (χ1v) is 8.10. The van der Waals surface area contributed by atoms with Crippen molar-refractivity contribution >= 4 is 5.91 Å². The molecule has 23 heavy (non-hydrogen) atoms. The van der Waals surface area contributed by atoms with Crippen molar-refractivity contribution in [3.63, 3.8) is 0 Å². The van der Waals surface area contributed by atoms with Gasteiger partial charge in [-0.2, -0.15) is 5.26 Å². The number of amides is 1. The third-order valence-electron chi connectivity index (χ3n) is 4.86. The summed E-state index contributed by atoms with van der Waals surface area (Å²) in [6, 6.07) is 2.03. The van der Waals surface area contributed by atoms with Crippen LogP contribution < -0.4 is 11.2 Å². The smallest absolute Gasteiger partial charge is 0.331 e. The lowest BCUT2D eigenvalue weighted by molar-refractivity contribution is -0.135. The second kappa shape index (κ2) is 6.03. The molecule has 2 aliphatic heterocycles. The Morgan fingerprint density at radius 2 is 2.04 bits per heavy atom. The van der Waals surface area contributed by atoms with Gasteiger partial charge in [0.05, 0.1) is 0 Å². The number of hydrogen-bond donors (Lipinski definition) is 0. The molecule has 0 saturated carbocycles. The summed E-state index contributed by atoms with van der Waals surface area (Å²) in [6.45, 7) is 2.86. The molecule has 0 unspecified atom stereocenters. The first kappa shape index (κ1) is 15.5. The van der Waals surface area contributed by atoms with Crippen molar-refractivity contribution < 1.29 is 4.79 Å². The maximum atomic E-state index is 12.5. The van der Waals surface area contributed by atoms with E-state index in [-0.39, 0.29) is 24.1 Å². The van der Waals surface area contributed by atoms with Crippen LogP contribution in [0, 0.1) is 11.3 Å². The first-order valence-electron chi connectivity index (χ1n) is 8.10. The molecule has 3 rings (SSSR count). The van der Waals surface area contributed by atoms with Gasteiger partial charge in [0.2, 0.25) is 5.91 Å². The fraction of sp³-hybridized carbons (Fsp3) is 0.625. The summed E-state index contributed by atoms with van der Waals surface area (Å²) in [5.41, 5.74) is -0.595. The Kier molecular flexibility index (Phi) is 4.07. The zero-order valence-electron chi connectivity index (χ0n) is 13.2. The summed E-state index contributed by atoms with van der Waals surface area (Å²) in [6.07, 6.45) is 4.27. The molecule has 1 atom stereocenters. The molecule has 7 nitrogen and oxygen atoms in total. The average molecular weight is 316 g/mol. The van der Waals surface area contributed by atoms with Gasteiger partial charge in [0.15, 0.2) is 0 Å². The van der Waals surface area contributed by atoms with Gasteiger partial charge in [0.1, 0.15) is 18.2 Å². The summed E-state index contributed by atoms with van der Waals surface area (Å²) < 4.78 is 2.39. The minimum Gasteiger partial charge on any atom is -0.338 e. The summed E-state index contributed by atoms with van der Waals surface area (Å²) in [5.74, 6) is -0.223. The molecular formula is C16H20N4O3. The topological polar surface area (TPSA) is 88.1 Å². The molecule has 1 amide bonds. The van der Waals surface area contributed by atoms with E-state index in [1.807, 2.05) is 13.0 Å². The van der Waals surface area contributed by atoms with E-state index in [1.54, 1.807) is 4.90 Å². The van der Waals surface area contributed by atoms with Crippen molar-refractivity contribution in [1.29, 1.82) is 5.26 Å². The molecule has 1 aromatic rings. The maximum Gasteiger partial charge on any atom is 0.331 e. The van der Waals surface area contributed by atoms with Crippen molar-refractivity contribution in [3.05, 3.63) is 32.1 Å². The fourth-order valence-electron chi connectivity index (χ4n) is 3.58. The minimum atomic E-state index is -0.635. The van der Waals surface area contributed by atoms with Crippen LogP contribution in [0.4, 0.5) is 0 Å². The monoisotopic (exact) mass is 316 g/mol. The van der Waals surface area contributed by atoms with Gasteiger partial charge in [-0.25, -0.2) is 9.36 Å². The average Bonchev–Trinajstić information content (AvgIpc) is 3.02. The van der Waals surface area contributed by atoms with Gasteiger partial charge in [0.25, 0.3) is 5.56 Å². The second-order valence-corrected chi connectivity index (χ2v) is 6.29. The third-order valence-corrected chi connectivity index (χ3v) is 4.86. The normalized spacial score (nSPS) is 20.2. The number of piperidine rings is 1. The number of rotatable bonds is 2. The van der Waals surface area contributed by atoms with Crippen LogP contribution >= 0.6 is 0 Å². The highest BCUT2D eigenvalue weighted by Gasteiger charge is 2.27. The summed E-state index contributed by atoms with van der Waals surface area (Å²) in [5, 5.41) is 9.25. The lowest BCUT2D eigenvalue weighted by Gasteiger charge is -2.33. The number of nitriles is 1. The molecular weight excluding hydrogens is 296 g/mol. The summed E-state index contributed by atoms with van der Waals surface area (Å²) in [7, 11) is 0. The van der Waals surface area contributed by atoms with Crippen LogP contribution in [-0.2, 0) is 24.3 Å².